The van der Waals surface area contributed by atoms with Gasteiger partial charge in [-0.1, -0.05) is 23.8 Å². The highest BCUT2D eigenvalue weighted by Crippen LogP contribution is 2.36. The highest BCUT2D eigenvalue weighted by atomic mass is 16.5. The van der Waals surface area contributed by atoms with E-state index in [4.69, 9.17) is 4.74 Å². The Kier molecular flexibility index (Phi) is 3.04. The number of aryl methyl sites for hydroxylation is 2. The van der Waals surface area contributed by atoms with Crippen LogP contribution in [0.5, 0.6) is 0 Å². The Morgan fingerprint density at radius 2 is 2.12 bits per heavy atom. The Bertz CT molecular complexity index is 386. The lowest BCUT2D eigenvalue weighted by Gasteiger charge is -2.37. The molecule has 2 atom stereocenters. The van der Waals surface area contributed by atoms with E-state index in [-0.39, 0.29) is 11.7 Å². The molecule has 2 unspecified atom stereocenters. The number of hydrogen-bond acceptors (Lipinski definition) is 2. The second-order valence-corrected chi connectivity index (χ2v) is 5.04. The SMILES string of the molecule is Cc1ccc(C2(C)CC(O)CCO2)c(C)c1. The number of aliphatic hydroxyl groups excluding tert-OH is 1. The maximum Gasteiger partial charge on any atom is 0.0930 e. The van der Waals surface area contributed by atoms with Crippen molar-refractivity contribution in [2.45, 2.75) is 45.3 Å². The van der Waals surface area contributed by atoms with E-state index in [0.717, 1.165) is 6.42 Å². The predicted octanol–water partition coefficient (Wildman–Crippen LogP) is 2.69. The Morgan fingerprint density at radius 3 is 2.75 bits per heavy atom. The van der Waals surface area contributed by atoms with E-state index >= 15 is 0 Å². The summed E-state index contributed by atoms with van der Waals surface area (Å²) in [5, 5.41) is 9.77. The maximum atomic E-state index is 9.77. The van der Waals surface area contributed by atoms with E-state index in [1.54, 1.807) is 0 Å². The molecule has 1 saturated heterocycles. The molecule has 1 aliphatic heterocycles. The lowest BCUT2D eigenvalue weighted by Crippen LogP contribution is -2.37. The summed E-state index contributed by atoms with van der Waals surface area (Å²) in [7, 11) is 0. The molecule has 88 valence electrons. The molecule has 2 nitrogen and oxygen atoms in total. The van der Waals surface area contributed by atoms with Crippen molar-refractivity contribution in [2.24, 2.45) is 0 Å². The summed E-state index contributed by atoms with van der Waals surface area (Å²) in [6.07, 6.45) is 1.21. The van der Waals surface area contributed by atoms with E-state index in [9.17, 15) is 5.11 Å². The first-order valence-corrected chi connectivity index (χ1v) is 5.91. The number of benzene rings is 1. The molecule has 0 bridgehead atoms. The number of ether oxygens (including phenoxy) is 1. The highest BCUT2D eigenvalue weighted by molar-refractivity contribution is 5.35. The Hall–Kier alpha value is -0.860. The standard InChI is InChI=1S/C14H20O2/c1-10-4-5-13(11(2)8-10)14(3)9-12(15)6-7-16-14/h4-5,8,12,15H,6-7,9H2,1-3H3. The molecule has 1 aromatic carbocycles. The maximum absolute atomic E-state index is 9.77. The first-order valence-electron chi connectivity index (χ1n) is 5.91. The minimum absolute atomic E-state index is 0.237. The molecule has 0 radical (unpaired) electrons. The molecule has 1 N–H and O–H groups in total. The van der Waals surface area contributed by atoms with Crippen LogP contribution in [0.1, 0.15) is 36.5 Å². The second-order valence-electron chi connectivity index (χ2n) is 5.04. The summed E-state index contributed by atoms with van der Waals surface area (Å²) < 4.78 is 5.88. The summed E-state index contributed by atoms with van der Waals surface area (Å²) >= 11 is 0. The molecule has 16 heavy (non-hydrogen) atoms. The molecule has 0 saturated carbocycles. The third-order valence-corrected chi connectivity index (χ3v) is 3.45. The van der Waals surface area contributed by atoms with E-state index < -0.39 is 0 Å². The molecule has 0 aromatic heterocycles. The van der Waals surface area contributed by atoms with Crippen molar-refractivity contribution in [1.29, 1.82) is 0 Å². The van der Waals surface area contributed by atoms with Gasteiger partial charge in [-0.05, 0) is 38.3 Å². The average molecular weight is 220 g/mol. The van der Waals surface area contributed by atoms with Gasteiger partial charge < -0.3 is 9.84 Å². The van der Waals surface area contributed by atoms with Crippen LogP contribution < -0.4 is 0 Å². The predicted molar refractivity (Wildman–Crippen MR) is 64.5 cm³/mol. The Labute approximate surface area is 97.3 Å². The molecule has 2 rings (SSSR count). The zero-order chi connectivity index (χ0) is 11.8. The van der Waals surface area contributed by atoms with Crippen molar-refractivity contribution in [3.63, 3.8) is 0 Å². The van der Waals surface area contributed by atoms with Gasteiger partial charge in [-0.25, -0.2) is 0 Å². The second kappa shape index (κ2) is 4.19. The Morgan fingerprint density at radius 1 is 1.38 bits per heavy atom. The van der Waals surface area contributed by atoms with E-state index in [1.807, 2.05) is 0 Å². The van der Waals surface area contributed by atoms with Gasteiger partial charge in [-0.3, -0.25) is 0 Å². The molecule has 1 aromatic rings. The van der Waals surface area contributed by atoms with Gasteiger partial charge in [0, 0.05) is 6.42 Å². The molecule has 1 heterocycles. The van der Waals surface area contributed by atoms with Crippen molar-refractivity contribution in [1.82, 2.24) is 0 Å². The van der Waals surface area contributed by atoms with Crippen LogP contribution in [-0.4, -0.2) is 17.8 Å². The largest absolute Gasteiger partial charge is 0.393 e. The minimum atomic E-state index is -0.324. The van der Waals surface area contributed by atoms with Gasteiger partial charge in [-0.15, -0.1) is 0 Å². The topological polar surface area (TPSA) is 29.5 Å². The van der Waals surface area contributed by atoms with Gasteiger partial charge >= 0.3 is 0 Å². The zero-order valence-corrected chi connectivity index (χ0v) is 10.3. The van der Waals surface area contributed by atoms with Gasteiger partial charge in [0.25, 0.3) is 0 Å². The van der Waals surface area contributed by atoms with Crippen LogP contribution >= 0.6 is 0 Å². The van der Waals surface area contributed by atoms with Gasteiger partial charge in [0.15, 0.2) is 0 Å². The van der Waals surface area contributed by atoms with Crippen LogP contribution in [0.25, 0.3) is 0 Å². The fraction of sp³-hybridized carbons (Fsp3) is 0.571. The fourth-order valence-electron chi connectivity index (χ4n) is 2.63. The van der Waals surface area contributed by atoms with Crippen LogP contribution in [0.3, 0.4) is 0 Å². The molecule has 0 spiro atoms. The van der Waals surface area contributed by atoms with Crippen molar-refractivity contribution in [3.05, 3.63) is 34.9 Å². The quantitative estimate of drug-likeness (QED) is 0.788. The molecular formula is C14H20O2. The third-order valence-electron chi connectivity index (χ3n) is 3.45. The Balaban J connectivity index is 2.34. The number of hydrogen-bond donors (Lipinski definition) is 1. The molecule has 1 aliphatic rings. The molecule has 1 fully saturated rings. The van der Waals surface area contributed by atoms with Crippen LogP contribution in [0.4, 0.5) is 0 Å². The molecule has 0 amide bonds. The van der Waals surface area contributed by atoms with Gasteiger partial charge in [0.05, 0.1) is 18.3 Å². The lowest BCUT2D eigenvalue weighted by atomic mass is 9.84. The van der Waals surface area contributed by atoms with Crippen LogP contribution in [0, 0.1) is 13.8 Å². The van der Waals surface area contributed by atoms with Crippen molar-refractivity contribution >= 4 is 0 Å². The van der Waals surface area contributed by atoms with Gasteiger partial charge in [0.2, 0.25) is 0 Å². The fourth-order valence-corrected chi connectivity index (χ4v) is 2.63. The average Bonchev–Trinajstić information content (AvgIpc) is 2.16. The smallest absolute Gasteiger partial charge is 0.0930 e. The molecule has 0 aliphatic carbocycles. The normalized spacial score (nSPS) is 30.4. The third kappa shape index (κ3) is 2.13. The number of aliphatic hydroxyl groups is 1. The number of rotatable bonds is 1. The monoisotopic (exact) mass is 220 g/mol. The minimum Gasteiger partial charge on any atom is -0.393 e. The van der Waals surface area contributed by atoms with E-state index in [1.165, 1.54) is 16.7 Å². The summed E-state index contributed by atoms with van der Waals surface area (Å²) in [4.78, 5) is 0. The van der Waals surface area contributed by atoms with Gasteiger partial charge in [0.1, 0.15) is 0 Å². The summed E-state index contributed by atoms with van der Waals surface area (Å²) in [5.74, 6) is 0. The highest BCUT2D eigenvalue weighted by Gasteiger charge is 2.35. The lowest BCUT2D eigenvalue weighted by molar-refractivity contribution is -0.112. The van der Waals surface area contributed by atoms with Gasteiger partial charge in [-0.2, -0.15) is 0 Å². The first kappa shape index (κ1) is 11.6. The van der Waals surface area contributed by atoms with Crippen molar-refractivity contribution < 1.29 is 9.84 Å². The van der Waals surface area contributed by atoms with Crippen molar-refractivity contribution in [3.8, 4) is 0 Å². The van der Waals surface area contributed by atoms with E-state index in [0.29, 0.717) is 13.0 Å². The first-order chi connectivity index (χ1) is 7.51. The summed E-state index contributed by atoms with van der Waals surface area (Å²) in [6.45, 7) is 6.92. The van der Waals surface area contributed by atoms with E-state index in [2.05, 4.69) is 39.0 Å². The zero-order valence-electron chi connectivity index (χ0n) is 10.3. The molecule has 2 heteroatoms. The van der Waals surface area contributed by atoms with Crippen LogP contribution in [0.2, 0.25) is 0 Å². The molecular weight excluding hydrogens is 200 g/mol. The summed E-state index contributed by atoms with van der Waals surface area (Å²) in [6, 6.07) is 6.41. The van der Waals surface area contributed by atoms with Crippen LogP contribution in [0.15, 0.2) is 18.2 Å². The van der Waals surface area contributed by atoms with Crippen LogP contribution in [-0.2, 0) is 10.3 Å². The summed E-state index contributed by atoms with van der Waals surface area (Å²) in [5.41, 5.74) is 3.39. The van der Waals surface area contributed by atoms with Crippen molar-refractivity contribution in [2.75, 3.05) is 6.61 Å².